The van der Waals surface area contributed by atoms with E-state index in [4.69, 9.17) is 5.73 Å². The van der Waals surface area contributed by atoms with Crippen LogP contribution in [0.1, 0.15) is 11.3 Å². The van der Waals surface area contributed by atoms with Crippen molar-refractivity contribution in [2.45, 2.75) is 12.7 Å². The number of nitrogens with zero attached hydrogens (tertiary/aromatic N) is 2. The van der Waals surface area contributed by atoms with E-state index in [1.165, 1.54) is 18.5 Å². The lowest BCUT2D eigenvalue weighted by Crippen LogP contribution is -2.04. The van der Waals surface area contributed by atoms with E-state index < -0.39 is 11.7 Å². The first-order valence-corrected chi connectivity index (χ1v) is 4.91. The van der Waals surface area contributed by atoms with Gasteiger partial charge in [0.05, 0.1) is 17.6 Å². The Morgan fingerprint density at radius 3 is 2.29 bits per heavy atom. The van der Waals surface area contributed by atoms with Crippen LogP contribution in [0, 0.1) is 0 Å². The quantitative estimate of drug-likeness (QED) is 0.877. The van der Waals surface area contributed by atoms with E-state index >= 15 is 0 Å². The summed E-state index contributed by atoms with van der Waals surface area (Å²) in [6, 6.07) is 4.87. The molecule has 0 saturated carbocycles. The predicted molar refractivity (Wildman–Crippen MR) is 56.5 cm³/mol. The first-order valence-electron chi connectivity index (χ1n) is 4.91. The number of hydrogen-bond acceptors (Lipinski definition) is 2. The minimum absolute atomic E-state index is 0.299. The zero-order chi connectivity index (χ0) is 12.5. The molecule has 3 nitrogen and oxygen atoms in total. The summed E-state index contributed by atoms with van der Waals surface area (Å²) in [5, 5.41) is 0. The van der Waals surface area contributed by atoms with E-state index in [2.05, 4.69) is 4.98 Å². The van der Waals surface area contributed by atoms with Crippen LogP contribution in [-0.2, 0) is 12.7 Å². The number of halogens is 3. The summed E-state index contributed by atoms with van der Waals surface area (Å²) in [4.78, 5) is 4.00. The third-order valence-corrected chi connectivity index (χ3v) is 2.34. The fourth-order valence-electron chi connectivity index (χ4n) is 1.43. The van der Waals surface area contributed by atoms with Gasteiger partial charge in [-0.1, -0.05) is 0 Å². The predicted octanol–water partition coefficient (Wildman–Crippen LogP) is 2.35. The first-order chi connectivity index (χ1) is 8.00. The van der Waals surface area contributed by atoms with Crippen molar-refractivity contribution in [3.63, 3.8) is 0 Å². The molecule has 2 aromatic rings. The van der Waals surface area contributed by atoms with Crippen molar-refractivity contribution in [2.24, 2.45) is 5.73 Å². The number of imidazole rings is 1. The molecule has 1 aromatic heterocycles. The number of benzene rings is 1. The Kier molecular flexibility index (Phi) is 2.89. The van der Waals surface area contributed by atoms with Crippen LogP contribution >= 0.6 is 0 Å². The number of alkyl halides is 3. The summed E-state index contributed by atoms with van der Waals surface area (Å²) >= 11 is 0. The van der Waals surface area contributed by atoms with Crippen molar-refractivity contribution in [3.05, 3.63) is 48.0 Å². The molecule has 0 saturated heterocycles. The van der Waals surface area contributed by atoms with Gasteiger partial charge in [-0.05, 0) is 24.3 Å². The van der Waals surface area contributed by atoms with Crippen molar-refractivity contribution >= 4 is 0 Å². The van der Waals surface area contributed by atoms with Crippen molar-refractivity contribution in [1.29, 1.82) is 0 Å². The maximum absolute atomic E-state index is 12.3. The molecule has 0 unspecified atom stereocenters. The van der Waals surface area contributed by atoms with Gasteiger partial charge in [-0.3, -0.25) is 0 Å². The summed E-state index contributed by atoms with van der Waals surface area (Å²) in [5.41, 5.74) is 6.03. The molecule has 0 fully saturated rings. The number of hydrogen-bond donors (Lipinski definition) is 1. The standard InChI is InChI=1S/C11H10F3N3/c12-11(13,14)8-1-3-10(4-2-8)17-6-9(5-15)16-7-17/h1-4,6-7H,5,15H2. The summed E-state index contributed by atoms with van der Waals surface area (Å²) in [6.07, 6.45) is -1.11. The van der Waals surface area contributed by atoms with E-state index in [1.807, 2.05) is 0 Å². The number of nitrogens with two attached hydrogens (primary N) is 1. The molecule has 0 spiro atoms. The molecule has 0 radical (unpaired) electrons. The van der Waals surface area contributed by atoms with Gasteiger partial charge in [-0.15, -0.1) is 0 Å². The Hall–Kier alpha value is -1.82. The average Bonchev–Trinajstić information content (AvgIpc) is 2.76. The average molecular weight is 241 g/mol. The Balaban J connectivity index is 2.29. The second kappa shape index (κ2) is 4.21. The van der Waals surface area contributed by atoms with Crippen molar-refractivity contribution in [2.75, 3.05) is 0 Å². The van der Waals surface area contributed by atoms with Crippen LogP contribution < -0.4 is 5.73 Å². The first kappa shape index (κ1) is 11.7. The smallest absolute Gasteiger partial charge is 0.325 e. The Morgan fingerprint density at radius 2 is 1.82 bits per heavy atom. The van der Waals surface area contributed by atoms with E-state index in [0.29, 0.717) is 17.9 Å². The monoisotopic (exact) mass is 241 g/mol. The number of rotatable bonds is 2. The van der Waals surface area contributed by atoms with Gasteiger partial charge in [0.1, 0.15) is 0 Å². The summed E-state index contributed by atoms with van der Waals surface area (Å²) < 4.78 is 38.7. The molecule has 0 aliphatic heterocycles. The van der Waals surface area contributed by atoms with Crippen LogP contribution in [0.15, 0.2) is 36.8 Å². The van der Waals surface area contributed by atoms with E-state index in [0.717, 1.165) is 12.1 Å². The van der Waals surface area contributed by atoms with Crippen LogP contribution in [0.25, 0.3) is 5.69 Å². The minimum Gasteiger partial charge on any atom is -0.325 e. The molecular weight excluding hydrogens is 231 g/mol. The third kappa shape index (κ3) is 2.47. The lowest BCUT2D eigenvalue weighted by Gasteiger charge is -2.07. The molecule has 0 bridgehead atoms. The van der Waals surface area contributed by atoms with Crippen molar-refractivity contribution < 1.29 is 13.2 Å². The maximum atomic E-state index is 12.3. The zero-order valence-electron chi connectivity index (χ0n) is 8.78. The van der Waals surface area contributed by atoms with Crippen LogP contribution in [0.4, 0.5) is 13.2 Å². The van der Waals surface area contributed by atoms with Gasteiger partial charge in [0.15, 0.2) is 0 Å². The van der Waals surface area contributed by atoms with Gasteiger partial charge < -0.3 is 10.3 Å². The Labute approximate surface area is 95.7 Å². The maximum Gasteiger partial charge on any atom is 0.416 e. The molecule has 0 aliphatic rings. The molecule has 1 heterocycles. The molecule has 2 N–H and O–H groups in total. The third-order valence-electron chi connectivity index (χ3n) is 2.34. The van der Waals surface area contributed by atoms with Crippen LogP contribution in [0.3, 0.4) is 0 Å². The topological polar surface area (TPSA) is 43.8 Å². The van der Waals surface area contributed by atoms with Crippen molar-refractivity contribution in [3.8, 4) is 5.69 Å². The highest BCUT2D eigenvalue weighted by Crippen LogP contribution is 2.29. The van der Waals surface area contributed by atoms with Crippen LogP contribution in [-0.4, -0.2) is 9.55 Å². The largest absolute Gasteiger partial charge is 0.416 e. The number of aromatic nitrogens is 2. The van der Waals surface area contributed by atoms with Gasteiger partial charge in [0.2, 0.25) is 0 Å². The summed E-state index contributed by atoms with van der Waals surface area (Å²) in [6.45, 7) is 0.299. The van der Waals surface area contributed by atoms with Gasteiger partial charge >= 0.3 is 6.18 Å². The summed E-state index contributed by atoms with van der Waals surface area (Å²) in [5.74, 6) is 0. The highest BCUT2D eigenvalue weighted by atomic mass is 19.4. The van der Waals surface area contributed by atoms with Gasteiger partial charge in [-0.2, -0.15) is 13.2 Å². The minimum atomic E-state index is -4.31. The lowest BCUT2D eigenvalue weighted by molar-refractivity contribution is -0.137. The highest BCUT2D eigenvalue weighted by molar-refractivity contribution is 5.36. The van der Waals surface area contributed by atoms with E-state index in [-0.39, 0.29) is 0 Å². The van der Waals surface area contributed by atoms with Gasteiger partial charge in [0.25, 0.3) is 0 Å². The Bertz CT molecular complexity index is 499. The molecule has 17 heavy (non-hydrogen) atoms. The van der Waals surface area contributed by atoms with Crippen molar-refractivity contribution in [1.82, 2.24) is 9.55 Å². The summed E-state index contributed by atoms with van der Waals surface area (Å²) in [7, 11) is 0. The fourth-order valence-corrected chi connectivity index (χ4v) is 1.43. The molecule has 0 aliphatic carbocycles. The van der Waals surface area contributed by atoms with E-state index in [1.54, 1.807) is 10.8 Å². The Morgan fingerprint density at radius 1 is 1.18 bits per heavy atom. The SMILES string of the molecule is NCc1cn(-c2ccc(C(F)(F)F)cc2)cn1. The zero-order valence-corrected chi connectivity index (χ0v) is 8.78. The van der Waals surface area contributed by atoms with Crippen LogP contribution in [0.5, 0.6) is 0 Å². The normalized spacial score (nSPS) is 11.8. The molecule has 1 aromatic carbocycles. The fraction of sp³-hybridized carbons (Fsp3) is 0.182. The highest BCUT2D eigenvalue weighted by Gasteiger charge is 2.29. The van der Waals surface area contributed by atoms with E-state index in [9.17, 15) is 13.2 Å². The van der Waals surface area contributed by atoms with Crippen LogP contribution in [0.2, 0.25) is 0 Å². The molecule has 6 heteroatoms. The molecule has 0 amide bonds. The second-order valence-electron chi connectivity index (χ2n) is 3.52. The molecule has 0 atom stereocenters. The molecule has 90 valence electrons. The van der Waals surface area contributed by atoms with Gasteiger partial charge in [-0.25, -0.2) is 4.98 Å². The molecule has 2 rings (SSSR count). The molecular formula is C11H10F3N3. The lowest BCUT2D eigenvalue weighted by atomic mass is 10.2. The van der Waals surface area contributed by atoms with Gasteiger partial charge in [0, 0.05) is 18.4 Å². The second-order valence-corrected chi connectivity index (χ2v) is 3.52.